The van der Waals surface area contributed by atoms with E-state index in [4.69, 9.17) is 11.2 Å². The van der Waals surface area contributed by atoms with Gasteiger partial charge in [-0.05, 0) is 49.1 Å². The molecule has 2 N–H and O–H groups in total. The third kappa shape index (κ3) is 6.31. The van der Waals surface area contributed by atoms with Crippen LogP contribution in [0.4, 0.5) is 5.69 Å². The summed E-state index contributed by atoms with van der Waals surface area (Å²) in [5.41, 5.74) is 0.619. The Bertz CT molecular complexity index is 1030. The Kier molecular flexibility index (Phi) is 8.43. The van der Waals surface area contributed by atoms with Crippen molar-refractivity contribution in [1.82, 2.24) is 5.32 Å². The molecule has 0 saturated carbocycles. The monoisotopic (exact) mass is 466 g/mol. The van der Waals surface area contributed by atoms with E-state index in [-0.39, 0.29) is 24.3 Å². The van der Waals surface area contributed by atoms with Crippen LogP contribution >= 0.6 is 11.3 Å². The summed E-state index contributed by atoms with van der Waals surface area (Å²) in [7, 11) is 0. The molecule has 0 spiro atoms. The SMILES string of the molecule is C#Cc1ccc(C(=O)NC2(C(=O)Nc3ccc(CCC(C)C(=O)CCC)cc3)CCOC2)s1. The number of terminal acetylenes is 1. The van der Waals surface area contributed by atoms with Gasteiger partial charge in [-0.1, -0.05) is 31.9 Å². The van der Waals surface area contributed by atoms with E-state index in [2.05, 4.69) is 16.6 Å². The van der Waals surface area contributed by atoms with Gasteiger partial charge in [0.25, 0.3) is 11.8 Å². The lowest BCUT2D eigenvalue weighted by molar-refractivity contribution is -0.123. The predicted octanol–water partition coefficient (Wildman–Crippen LogP) is 4.19. The maximum absolute atomic E-state index is 13.1. The highest BCUT2D eigenvalue weighted by Gasteiger charge is 2.44. The molecule has 2 heterocycles. The maximum Gasteiger partial charge on any atom is 0.262 e. The number of Topliss-reactive ketones (excluding diaryl/α,β-unsaturated/α-hetero) is 1. The van der Waals surface area contributed by atoms with Gasteiger partial charge < -0.3 is 15.4 Å². The van der Waals surface area contributed by atoms with Crippen molar-refractivity contribution in [3.63, 3.8) is 0 Å². The minimum atomic E-state index is -1.13. The molecule has 1 aromatic heterocycles. The van der Waals surface area contributed by atoms with Gasteiger partial charge in [-0.3, -0.25) is 14.4 Å². The van der Waals surface area contributed by atoms with Gasteiger partial charge in [-0.2, -0.15) is 0 Å². The van der Waals surface area contributed by atoms with Gasteiger partial charge in [0.05, 0.1) is 16.4 Å². The lowest BCUT2D eigenvalue weighted by Gasteiger charge is -2.27. The van der Waals surface area contributed by atoms with Crippen molar-refractivity contribution >= 4 is 34.6 Å². The van der Waals surface area contributed by atoms with Crippen molar-refractivity contribution in [1.29, 1.82) is 0 Å². The first-order valence-electron chi connectivity index (χ1n) is 11.3. The smallest absolute Gasteiger partial charge is 0.262 e. The molecule has 1 aliphatic rings. The second-order valence-corrected chi connectivity index (χ2v) is 9.54. The normalized spacial score (nSPS) is 18.3. The van der Waals surface area contributed by atoms with Crippen LogP contribution < -0.4 is 10.6 Å². The summed E-state index contributed by atoms with van der Waals surface area (Å²) in [5.74, 6) is 2.22. The topological polar surface area (TPSA) is 84.5 Å². The average Bonchev–Trinajstić information content (AvgIpc) is 3.49. The number of carbonyl (C=O) groups excluding carboxylic acids is 3. The molecule has 7 heteroatoms. The fourth-order valence-corrected chi connectivity index (χ4v) is 4.47. The summed E-state index contributed by atoms with van der Waals surface area (Å²) in [6, 6.07) is 11.0. The van der Waals surface area contributed by atoms with Gasteiger partial charge in [0, 0.05) is 31.1 Å². The van der Waals surface area contributed by atoms with Gasteiger partial charge in [-0.25, -0.2) is 0 Å². The van der Waals surface area contributed by atoms with E-state index >= 15 is 0 Å². The lowest BCUT2D eigenvalue weighted by Crippen LogP contribution is -2.57. The number of amides is 2. The Morgan fingerprint density at radius 1 is 1.21 bits per heavy atom. The summed E-state index contributed by atoms with van der Waals surface area (Å²) < 4.78 is 5.46. The number of nitrogens with one attached hydrogen (secondary N) is 2. The first kappa shape index (κ1) is 24.7. The summed E-state index contributed by atoms with van der Waals surface area (Å²) in [5, 5.41) is 5.77. The van der Waals surface area contributed by atoms with E-state index in [9.17, 15) is 14.4 Å². The Morgan fingerprint density at radius 3 is 2.58 bits per heavy atom. The van der Waals surface area contributed by atoms with Gasteiger partial charge in [-0.15, -0.1) is 17.8 Å². The molecule has 3 rings (SSSR count). The number of aryl methyl sites for hydroxylation is 1. The number of ether oxygens (including phenoxy) is 1. The zero-order chi connectivity index (χ0) is 23.8. The Balaban J connectivity index is 1.60. The van der Waals surface area contributed by atoms with Gasteiger partial charge in [0.1, 0.15) is 11.3 Å². The van der Waals surface area contributed by atoms with Crippen LogP contribution in [0.1, 0.15) is 59.6 Å². The van der Waals surface area contributed by atoms with Crippen molar-refractivity contribution in [2.24, 2.45) is 5.92 Å². The molecule has 1 saturated heterocycles. The zero-order valence-corrected chi connectivity index (χ0v) is 19.9. The minimum absolute atomic E-state index is 0.0511. The van der Waals surface area contributed by atoms with Crippen molar-refractivity contribution in [3.8, 4) is 12.3 Å². The molecule has 0 radical (unpaired) electrons. The van der Waals surface area contributed by atoms with Crippen molar-refractivity contribution in [2.45, 2.75) is 51.5 Å². The van der Waals surface area contributed by atoms with Crippen molar-refractivity contribution in [2.75, 3.05) is 18.5 Å². The van der Waals surface area contributed by atoms with Crippen LogP contribution in [0.5, 0.6) is 0 Å². The highest BCUT2D eigenvalue weighted by atomic mass is 32.1. The fourth-order valence-electron chi connectivity index (χ4n) is 3.76. The first-order chi connectivity index (χ1) is 15.9. The van der Waals surface area contributed by atoms with E-state index in [1.165, 1.54) is 11.3 Å². The molecule has 0 bridgehead atoms. The third-order valence-corrected chi connectivity index (χ3v) is 6.92. The first-order valence-corrected chi connectivity index (χ1v) is 12.1. The van der Waals surface area contributed by atoms with E-state index in [1.54, 1.807) is 12.1 Å². The number of rotatable bonds is 10. The number of ketones is 1. The van der Waals surface area contributed by atoms with Gasteiger partial charge in [0.2, 0.25) is 0 Å². The maximum atomic E-state index is 13.1. The molecule has 1 aliphatic heterocycles. The molecule has 2 unspecified atom stereocenters. The number of carbonyl (C=O) groups is 3. The third-order valence-electron chi connectivity index (χ3n) is 5.91. The number of benzene rings is 1. The van der Waals surface area contributed by atoms with E-state index in [0.717, 1.165) is 24.8 Å². The largest absolute Gasteiger partial charge is 0.378 e. The van der Waals surface area contributed by atoms with Gasteiger partial charge >= 0.3 is 0 Å². The molecular formula is C26H30N2O4S. The van der Waals surface area contributed by atoms with E-state index in [0.29, 0.717) is 40.7 Å². The quantitative estimate of drug-likeness (QED) is 0.514. The zero-order valence-electron chi connectivity index (χ0n) is 19.1. The standard InChI is InChI=1S/C26H30N2O4S/c1-4-6-22(29)18(3)7-8-19-9-11-20(12-10-19)27-25(31)26(15-16-32-17-26)28-24(30)23-14-13-21(5-2)33-23/h2,9-14,18H,4,6-8,15-17H2,1,3H3,(H,27,31)(H,28,30). The molecule has 2 amide bonds. The Labute approximate surface area is 199 Å². The molecule has 2 aromatic rings. The van der Waals surface area contributed by atoms with Crippen LogP contribution in [-0.4, -0.2) is 36.4 Å². The molecule has 0 aliphatic carbocycles. The minimum Gasteiger partial charge on any atom is -0.378 e. The highest BCUT2D eigenvalue weighted by Crippen LogP contribution is 2.24. The molecular weight excluding hydrogens is 436 g/mol. The van der Waals surface area contributed by atoms with Crippen LogP contribution in [0.15, 0.2) is 36.4 Å². The number of hydrogen-bond donors (Lipinski definition) is 2. The molecule has 33 heavy (non-hydrogen) atoms. The molecule has 174 valence electrons. The lowest BCUT2D eigenvalue weighted by atomic mass is 9.95. The van der Waals surface area contributed by atoms with Crippen molar-refractivity contribution < 1.29 is 19.1 Å². The molecule has 2 atom stereocenters. The number of anilines is 1. The molecule has 1 fully saturated rings. The van der Waals surface area contributed by atoms with Gasteiger partial charge in [0.15, 0.2) is 0 Å². The summed E-state index contributed by atoms with van der Waals surface area (Å²) in [6.45, 7) is 4.50. The number of hydrogen-bond acceptors (Lipinski definition) is 5. The Morgan fingerprint density at radius 2 is 1.97 bits per heavy atom. The van der Waals surface area contributed by atoms with E-state index in [1.807, 2.05) is 38.1 Å². The van der Waals surface area contributed by atoms with Crippen LogP contribution in [0, 0.1) is 18.3 Å². The summed E-state index contributed by atoms with van der Waals surface area (Å²) in [4.78, 5) is 39.0. The van der Waals surface area contributed by atoms with Crippen LogP contribution in [0.25, 0.3) is 0 Å². The fraction of sp³-hybridized carbons (Fsp3) is 0.423. The van der Waals surface area contributed by atoms with Crippen LogP contribution in [0.3, 0.4) is 0 Å². The second-order valence-electron chi connectivity index (χ2n) is 8.45. The number of thiophene rings is 1. The molecule has 6 nitrogen and oxygen atoms in total. The van der Waals surface area contributed by atoms with E-state index < -0.39 is 5.54 Å². The highest BCUT2D eigenvalue weighted by molar-refractivity contribution is 7.14. The van der Waals surface area contributed by atoms with Crippen LogP contribution in [-0.2, 0) is 20.7 Å². The predicted molar refractivity (Wildman–Crippen MR) is 130 cm³/mol. The average molecular weight is 467 g/mol. The van der Waals surface area contributed by atoms with Crippen LogP contribution in [0.2, 0.25) is 0 Å². The second kappa shape index (κ2) is 11.3. The summed E-state index contributed by atoms with van der Waals surface area (Å²) >= 11 is 1.21. The summed E-state index contributed by atoms with van der Waals surface area (Å²) in [6.07, 6.45) is 8.90. The molecule has 1 aromatic carbocycles. The Hall–Kier alpha value is -2.95. The van der Waals surface area contributed by atoms with Crippen molar-refractivity contribution in [3.05, 3.63) is 51.7 Å².